The fourth-order valence-corrected chi connectivity index (χ4v) is 3.01. The number of methoxy groups -OCH3 is 2. The van der Waals surface area contributed by atoms with E-state index in [9.17, 15) is 0 Å². The number of rotatable bonds is 4. The minimum absolute atomic E-state index is 0.796. The Morgan fingerprint density at radius 3 is 2.24 bits per heavy atom. The zero-order valence-electron chi connectivity index (χ0n) is 14.1. The molecule has 0 amide bonds. The number of hydrogen-bond donors (Lipinski definition) is 0. The highest BCUT2D eigenvalue weighted by Gasteiger charge is 2.14. The van der Waals surface area contributed by atoms with E-state index in [2.05, 4.69) is 23.3 Å². The Kier molecular flexibility index (Phi) is 3.86. The van der Waals surface area contributed by atoms with Crippen LogP contribution < -0.4 is 9.47 Å². The van der Waals surface area contributed by atoms with Gasteiger partial charge in [0.15, 0.2) is 0 Å². The van der Waals surface area contributed by atoms with Gasteiger partial charge in [-0.2, -0.15) is 5.10 Å². The summed E-state index contributed by atoms with van der Waals surface area (Å²) >= 11 is 0. The monoisotopic (exact) mass is 330 g/mol. The second kappa shape index (κ2) is 6.32. The maximum Gasteiger partial charge on any atom is 0.145 e. The van der Waals surface area contributed by atoms with Crippen molar-refractivity contribution in [3.8, 4) is 33.8 Å². The van der Waals surface area contributed by atoms with Crippen LogP contribution in [0.15, 0.2) is 73.1 Å². The molecule has 2 heterocycles. The molecule has 0 saturated heterocycles. The standard InChI is InChI=1S/C21H18N2O2/c1-24-18-10-8-16(9-11-18)19-13-22-23-14-17(12-20(25-2)21(19)23)15-6-4-3-5-7-15/h3-14H,1-2H3. The summed E-state index contributed by atoms with van der Waals surface area (Å²) in [4.78, 5) is 0. The van der Waals surface area contributed by atoms with Crippen molar-refractivity contribution >= 4 is 5.52 Å². The van der Waals surface area contributed by atoms with E-state index >= 15 is 0 Å². The predicted octanol–water partition coefficient (Wildman–Crippen LogP) is 4.69. The van der Waals surface area contributed by atoms with Crippen LogP contribution in [0.1, 0.15) is 0 Å². The lowest BCUT2D eigenvalue weighted by Gasteiger charge is -2.09. The van der Waals surface area contributed by atoms with E-state index < -0.39 is 0 Å². The van der Waals surface area contributed by atoms with Gasteiger partial charge in [0.05, 0.1) is 20.4 Å². The molecule has 0 fully saturated rings. The Morgan fingerprint density at radius 1 is 0.800 bits per heavy atom. The van der Waals surface area contributed by atoms with Gasteiger partial charge in [0.25, 0.3) is 0 Å². The zero-order chi connectivity index (χ0) is 17.2. The molecule has 0 atom stereocenters. The second-order valence-corrected chi connectivity index (χ2v) is 5.74. The highest BCUT2D eigenvalue weighted by atomic mass is 16.5. The summed E-state index contributed by atoms with van der Waals surface area (Å²) < 4.78 is 12.8. The number of aromatic nitrogens is 2. The van der Waals surface area contributed by atoms with E-state index in [4.69, 9.17) is 9.47 Å². The summed E-state index contributed by atoms with van der Waals surface area (Å²) in [6.07, 6.45) is 3.90. The van der Waals surface area contributed by atoms with Crippen LogP contribution in [0.4, 0.5) is 0 Å². The number of benzene rings is 2. The normalized spacial score (nSPS) is 10.8. The van der Waals surface area contributed by atoms with E-state index in [1.165, 1.54) is 0 Å². The van der Waals surface area contributed by atoms with Gasteiger partial charge in [0, 0.05) is 17.3 Å². The van der Waals surface area contributed by atoms with Crippen molar-refractivity contribution in [1.82, 2.24) is 9.61 Å². The second-order valence-electron chi connectivity index (χ2n) is 5.74. The van der Waals surface area contributed by atoms with Crippen LogP contribution in [0.5, 0.6) is 11.5 Å². The van der Waals surface area contributed by atoms with Crippen LogP contribution in [0.3, 0.4) is 0 Å². The van der Waals surface area contributed by atoms with Crippen LogP contribution in [-0.2, 0) is 0 Å². The van der Waals surface area contributed by atoms with E-state index in [0.717, 1.165) is 39.3 Å². The topological polar surface area (TPSA) is 35.8 Å². The predicted molar refractivity (Wildman–Crippen MR) is 99.2 cm³/mol. The van der Waals surface area contributed by atoms with Crippen LogP contribution >= 0.6 is 0 Å². The minimum atomic E-state index is 0.796. The summed E-state index contributed by atoms with van der Waals surface area (Å²) in [5.41, 5.74) is 5.24. The van der Waals surface area contributed by atoms with E-state index in [1.54, 1.807) is 14.2 Å². The summed E-state index contributed by atoms with van der Waals surface area (Å²) in [6.45, 7) is 0. The van der Waals surface area contributed by atoms with Crippen molar-refractivity contribution in [2.24, 2.45) is 0 Å². The van der Waals surface area contributed by atoms with Crippen molar-refractivity contribution in [3.63, 3.8) is 0 Å². The average Bonchev–Trinajstić information content (AvgIpc) is 3.12. The molecule has 0 unspecified atom stereocenters. The molecule has 124 valence electrons. The molecule has 2 aromatic carbocycles. The third-order valence-corrected chi connectivity index (χ3v) is 4.30. The molecule has 0 aliphatic heterocycles. The molecule has 0 aliphatic carbocycles. The van der Waals surface area contributed by atoms with Gasteiger partial charge in [-0.15, -0.1) is 0 Å². The molecular formula is C21H18N2O2. The number of nitrogens with zero attached hydrogens (tertiary/aromatic N) is 2. The van der Waals surface area contributed by atoms with Crippen molar-refractivity contribution in [2.75, 3.05) is 14.2 Å². The third kappa shape index (κ3) is 2.72. The molecule has 0 spiro atoms. The molecular weight excluding hydrogens is 312 g/mol. The molecule has 0 radical (unpaired) electrons. The molecule has 0 N–H and O–H groups in total. The maximum atomic E-state index is 5.67. The largest absolute Gasteiger partial charge is 0.497 e. The van der Waals surface area contributed by atoms with E-state index in [-0.39, 0.29) is 0 Å². The highest BCUT2D eigenvalue weighted by molar-refractivity contribution is 5.86. The lowest BCUT2D eigenvalue weighted by molar-refractivity contribution is 0.415. The molecule has 0 aliphatic rings. The molecule has 2 aromatic heterocycles. The number of fused-ring (bicyclic) bond motifs is 1. The molecule has 0 saturated carbocycles. The van der Waals surface area contributed by atoms with Gasteiger partial charge in [-0.25, -0.2) is 4.52 Å². The third-order valence-electron chi connectivity index (χ3n) is 4.30. The van der Waals surface area contributed by atoms with Gasteiger partial charge < -0.3 is 9.47 Å². The van der Waals surface area contributed by atoms with Gasteiger partial charge in [0.1, 0.15) is 17.0 Å². The lowest BCUT2D eigenvalue weighted by Crippen LogP contribution is -1.94. The first kappa shape index (κ1) is 15.3. The first-order valence-corrected chi connectivity index (χ1v) is 8.05. The number of pyridine rings is 1. The summed E-state index contributed by atoms with van der Waals surface area (Å²) in [5, 5.41) is 4.54. The first-order chi connectivity index (χ1) is 12.3. The molecule has 4 aromatic rings. The molecule has 4 nitrogen and oxygen atoms in total. The van der Waals surface area contributed by atoms with Crippen LogP contribution in [0, 0.1) is 0 Å². The summed E-state index contributed by atoms with van der Waals surface area (Å²) in [6, 6.07) is 20.2. The van der Waals surface area contributed by atoms with Crippen LogP contribution in [-0.4, -0.2) is 23.8 Å². The average molecular weight is 330 g/mol. The van der Waals surface area contributed by atoms with Gasteiger partial charge in [-0.1, -0.05) is 42.5 Å². The minimum Gasteiger partial charge on any atom is -0.497 e. The fraction of sp³-hybridized carbons (Fsp3) is 0.0952. The highest BCUT2D eigenvalue weighted by Crippen LogP contribution is 2.35. The Morgan fingerprint density at radius 2 is 1.56 bits per heavy atom. The number of ether oxygens (including phenoxy) is 2. The smallest absolute Gasteiger partial charge is 0.145 e. The fourth-order valence-electron chi connectivity index (χ4n) is 3.01. The molecule has 25 heavy (non-hydrogen) atoms. The van der Waals surface area contributed by atoms with Crippen molar-refractivity contribution in [1.29, 1.82) is 0 Å². The van der Waals surface area contributed by atoms with Gasteiger partial charge in [-0.3, -0.25) is 0 Å². The Bertz CT molecular complexity index is 1010. The molecule has 0 bridgehead atoms. The summed E-state index contributed by atoms with van der Waals surface area (Å²) in [5.74, 6) is 1.63. The van der Waals surface area contributed by atoms with Gasteiger partial charge >= 0.3 is 0 Å². The maximum absolute atomic E-state index is 5.67. The van der Waals surface area contributed by atoms with Crippen LogP contribution in [0.2, 0.25) is 0 Å². The lowest BCUT2D eigenvalue weighted by atomic mass is 10.0. The number of hydrogen-bond acceptors (Lipinski definition) is 3. The van der Waals surface area contributed by atoms with Gasteiger partial charge in [0.2, 0.25) is 0 Å². The quantitative estimate of drug-likeness (QED) is 0.545. The van der Waals surface area contributed by atoms with Gasteiger partial charge in [-0.05, 0) is 29.3 Å². The Labute approximate surface area is 146 Å². The van der Waals surface area contributed by atoms with E-state index in [1.807, 2.05) is 59.4 Å². The van der Waals surface area contributed by atoms with Crippen LogP contribution in [0.25, 0.3) is 27.8 Å². The molecule has 4 heteroatoms. The van der Waals surface area contributed by atoms with Crippen molar-refractivity contribution in [2.45, 2.75) is 0 Å². The summed E-state index contributed by atoms with van der Waals surface area (Å²) in [7, 11) is 3.35. The first-order valence-electron chi connectivity index (χ1n) is 8.05. The Hall–Kier alpha value is -3.27. The van der Waals surface area contributed by atoms with E-state index in [0.29, 0.717) is 0 Å². The zero-order valence-corrected chi connectivity index (χ0v) is 14.1. The SMILES string of the molecule is COc1ccc(-c2cnn3cc(-c4ccccc4)cc(OC)c23)cc1. The molecule has 4 rings (SSSR count). The Balaban J connectivity index is 1.88. The van der Waals surface area contributed by atoms with Crippen molar-refractivity contribution < 1.29 is 9.47 Å². The van der Waals surface area contributed by atoms with Crippen molar-refractivity contribution in [3.05, 3.63) is 73.1 Å².